The Morgan fingerprint density at radius 3 is 2.29 bits per heavy atom. The largest absolute Gasteiger partial charge is 0.416 e. The summed E-state index contributed by atoms with van der Waals surface area (Å²) in [5.74, 6) is -0.729. The number of sulfone groups is 1. The summed E-state index contributed by atoms with van der Waals surface area (Å²) in [6.07, 6.45) is -1.80. The predicted octanol–water partition coefficient (Wildman–Crippen LogP) is 4.80. The third-order valence-electron chi connectivity index (χ3n) is 6.05. The van der Waals surface area contributed by atoms with E-state index in [0.29, 0.717) is 22.5 Å². The molecule has 0 atom stereocenters. The molecule has 0 bridgehead atoms. The number of carbonyl (C=O) groups is 1. The average Bonchev–Trinajstić information content (AvgIpc) is 3.28. The average molecular weight is 544 g/mol. The maximum absolute atomic E-state index is 13.5. The zero-order chi connectivity index (χ0) is 27.8. The first kappa shape index (κ1) is 26.9. The van der Waals surface area contributed by atoms with E-state index >= 15 is 0 Å². The van der Waals surface area contributed by atoms with Gasteiger partial charge in [0.1, 0.15) is 5.56 Å². The fourth-order valence-electron chi connectivity index (χ4n) is 4.06. The molecule has 0 aliphatic heterocycles. The van der Waals surface area contributed by atoms with Crippen LogP contribution < -0.4 is 10.9 Å². The van der Waals surface area contributed by atoms with Crippen molar-refractivity contribution in [2.24, 2.45) is 0 Å². The quantitative estimate of drug-likeness (QED) is 0.365. The molecule has 0 aliphatic carbocycles. The number of benzene rings is 2. The van der Waals surface area contributed by atoms with Crippen LogP contribution in [0, 0.1) is 13.8 Å². The molecule has 0 aliphatic rings. The number of alkyl halides is 3. The standard InChI is InChI=1S/C27H24F3N3O4S/c1-16-11-24(31-14-16)22-13-23(25(34)32-15-18-7-9-21(10-8-18)38(3,36)37)26(35)33(17(22)2)20-6-4-5-19(12-20)27(28,29)30/h4-14,31H,15H2,1-3H3,(H,32,34). The molecule has 198 valence electrons. The molecule has 11 heteroatoms. The lowest BCUT2D eigenvalue weighted by molar-refractivity contribution is -0.137. The van der Waals surface area contributed by atoms with Crippen molar-refractivity contribution in [2.45, 2.75) is 31.5 Å². The molecule has 0 unspecified atom stereocenters. The molecule has 4 rings (SSSR count). The minimum absolute atomic E-state index is 0.00328. The minimum Gasteiger partial charge on any atom is -0.361 e. The number of nitrogens with zero attached hydrogens (tertiary/aromatic N) is 1. The van der Waals surface area contributed by atoms with Crippen molar-refractivity contribution in [3.05, 3.63) is 105 Å². The van der Waals surface area contributed by atoms with Gasteiger partial charge in [-0.2, -0.15) is 13.2 Å². The highest BCUT2D eigenvalue weighted by Crippen LogP contribution is 2.31. The number of pyridine rings is 1. The first-order valence-electron chi connectivity index (χ1n) is 11.4. The molecule has 2 aromatic heterocycles. The lowest BCUT2D eigenvalue weighted by Crippen LogP contribution is -2.33. The van der Waals surface area contributed by atoms with Crippen molar-refractivity contribution in [2.75, 3.05) is 6.26 Å². The molecule has 0 radical (unpaired) electrons. The molecular weight excluding hydrogens is 519 g/mol. The number of hydrogen-bond donors (Lipinski definition) is 2. The summed E-state index contributed by atoms with van der Waals surface area (Å²) in [7, 11) is -3.38. The predicted molar refractivity (Wildman–Crippen MR) is 137 cm³/mol. The maximum atomic E-state index is 13.5. The summed E-state index contributed by atoms with van der Waals surface area (Å²) >= 11 is 0. The minimum atomic E-state index is -4.62. The van der Waals surface area contributed by atoms with Gasteiger partial charge >= 0.3 is 6.18 Å². The Bertz CT molecular complexity index is 1690. The van der Waals surface area contributed by atoms with Gasteiger partial charge in [-0.15, -0.1) is 0 Å². The van der Waals surface area contributed by atoms with Crippen molar-refractivity contribution in [3.8, 4) is 16.9 Å². The van der Waals surface area contributed by atoms with Crippen LogP contribution in [0.5, 0.6) is 0 Å². The Labute approximate surface area is 216 Å². The number of aryl methyl sites for hydroxylation is 1. The van der Waals surface area contributed by atoms with Gasteiger partial charge in [-0.3, -0.25) is 14.2 Å². The number of aromatic nitrogens is 2. The van der Waals surface area contributed by atoms with Gasteiger partial charge in [0, 0.05) is 41.6 Å². The summed E-state index contributed by atoms with van der Waals surface area (Å²) < 4.78 is 64.6. The summed E-state index contributed by atoms with van der Waals surface area (Å²) in [6.45, 7) is 3.44. The normalized spacial score (nSPS) is 11.9. The van der Waals surface area contributed by atoms with Crippen molar-refractivity contribution in [1.82, 2.24) is 14.9 Å². The number of nitrogens with one attached hydrogen (secondary N) is 2. The number of aromatic amines is 1. The fourth-order valence-corrected chi connectivity index (χ4v) is 4.69. The highest BCUT2D eigenvalue weighted by atomic mass is 32.2. The van der Waals surface area contributed by atoms with Gasteiger partial charge < -0.3 is 10.3 Å². The monoisotopic (exact) mass is 543 g/mol. The first-order chi connectivity index (χ1) is 17.8. The van der Waals surface area contributed by atoms with E-state index in [9.17, 15) is 31.2 Å². The van der Waals surface area contributed by atoms with Gasteiger partial charge in [0.25, 0.3) is 11.5 Å². The van der Waals surface area contributed by atoms with Crippen LogP contribution in [-0.2, 0) is 22.6 Å². The Kier molecular flexibility index (Phi) is 7.07. The van der Waals surface area contributed by atoms with E-state index in [-0.39, 0.29) is 22.7 Å². The van der Waals surface area contributed by atoms with Gasteiger partial charge in [-0.25, -0.2) is 8.42 Å². The molecule has 0 fully saturated rings. The highest BCUT2D eigenvalue weighted by molar-refractivity contribution is 7.90. The summed E-state index contributed by atoms with van der Waals surface area (Å²) in [5.41, 5.74) is 0.898. The molecular formula is C27H24F3N3O4S. The topological polar surface area (TPSA) is 101 Å². The Hall–Kier alpha value is -4.12. The van der Waals surface area contributed by atoms with Crippen molar-refractivity contribution in [3.63, 3.8) is 0 Å². The van der Waals surface area contributed by atoms with Gasteiger partial charge in [0.05, 0.1) is 10.5 Å². The van der Waals surface area contributed by atoms with Crippen LogP contribution >= 0.6 is 0 Å². The van der Waals surface area contributed by atoms with E-state index in [1.165, 1.54) is 30.3 Å². The number of amides is 1. The molecule has 2 heterocycles. The van der Waals surface area contributed by atoms with Gasteiger partial charge in [-0.05, 0) is 67.4 Å². The first-order valence-corrected chi connectivity index (χ1v) is 13.3. The number of hydrogen-bond acceptors (Lipinski definition) is 4. The van der Waals surface area contributed by atoms with Crippen LogP contribution in [0.15, 0.2) is 76.6 Å². The Balaban J connectivity index is 1.77. The lowest BCUT2D eigenvalue weighted by Gasteiger charge is -2.17. The third-order valence-corrected chi connectivity index (χ3v) is 7.17. The second-order valence-electron chi connectivity index (χ2n) is 8.94. The van der Waals surface area contributed by atoms with E-state index in [4.69, 9.17) is 0 Å². The molecule has 2 N–H and O–H groups in total. The van der Waals surface area contributed by atoms with Crippen LogP contribution in [0.1, 0.15) is 32.7 Å². The zero-order valence-corrected chi connectivity index (χ0v) is 21.5. The third kappa shape index (κ3) is 5.57. The molecule has 0 saturated carbocycles. The summed E-state index contributed by atoms with van der Waals surface area (Å²) in [4.78, 5) is 29.8. The van der Waals surface area contributed by atoms with Crippen LogP contribution in [-0.4, -0.2) is 30.1 Å². The SMILES string of the molecule is Cc1c[nH]c(-c2cc(C(=O)NCc3ccc(S(C)(=O)=O)cc3)c(=O)n(-c3cccc(C(F)(F)F)c3)c2C)c1. The van der Waals surface area contributed by atoms with Crippen LogP contribution in [0.2, 0.25) is 0 Å². The van der Waals surface area contributed by atoms with E-state index in [0.717, 1.165) is 28.5 Å². The van der Waals surface area contributed by atoms with Crippen molar-refractivity contribution < 1.29 is 26.4 Å². The van der Waals surface area contributed by atoms with Gasteiger partial charge in [0.2, 0.25) is 0 Å². The fraction of sp³-hybridized carbons (Fsp3) is 0.185. The second kappa shape index (κ2) is 9.97. The summed E-state index contributed by atoms with van der Waals surface area (Å²) in [5, 5.41) is 2.64. The van der Waals surface area contributed by atoms with Crippen molar-refractivity contribution in [1.29, 1.82) is 0 Å². The van der Waals surface area contributed by atoms with E-state index in [1.54, 1.807) is 31.3 Å². The molecule has 7 nitrogen and oxygen atoms in total. The molecule has 1 amide bonds. The second-order valence-corrected chi connectivity index (χ2v) is 11.0. The molecule has 38 heavy (non-hydrogen) atoms. The van der Waals surface area contributed by atoms with Crippen LogP contribution in [0.3, 0.4) is 0 Å². The van der Waals surface area contributed by atoms with Crippen LogP contribution in [0.4, 0.5) is 13.2 Å². The van der Waals surface area contributed by atoms with E-state index in [2.05, 4.69) is 10.3 Å². The van der Waals surface area contributed by atoms with E-state index in [1.807, 2.05) is 6.92 Å². The highest BCUT2D eigenvalue weighted by Gasteiger charge is 2.31. The number of rotatable bonds is 6. The van der Waals surface area contributed by atoms with E-state index < -0.39 is 33.0 Å². The zero-order valence-electron chi connectivity index (χ0n) is 20.7. The van der Waals surface area contributed by atoms with Gasteiger partial charge in [-0.1, -0.05) is 18.2 Å². The van der Waals surface area contributed by atoms with Crippen molar-refractivity contribution >= 4 is 15.7 Å². The van der Waals surface area contributed by atoms with Gasteiger partial charge in [0.15, 0.2) is 9.84 Å². The summed E-state index contributed by atoms with van der Waals surface area (Å²) in [6, 6.07) is 13.5. The molecule has 2 aromatic carbocycles. The number of carbonyl (C=O) groups excluding carboxylic acids is 1. The molecule has 4 aromatic rings. The maximum Gasteiger partial charge on any atom is 0.416 e. The smallest absolute Gasteiger partial charge is 0.361 e. The lowest BCUT2D eigenvalue weighted by atomic mass is 10.0. The molecule has 0 spiro atoms. The Morgan fingerprint density at radius 1 is 1.03 bits per heavy atom. The number of halogens is 3. The number of H-pyrrole nitrogens is 1. The Morgan fingerprint density at radius 2 is 1.71 bits per heavy atom. The van der Waals surface area contributed by atoms with Crippen LogP contribution in [0.25, 0.3) is 16.9 Å². The molecule has 0 saturated heterocycles.